The molecule has 0 aromatic carbocycles. The van der Waals surface area contributed by atoms with E-state index in [2.05, 4.69) is 10.2 Å². The Morgan fingerprint density at radius 3 is 3.13 bits per heavy atom. The summed E-state index contributed by atoms with van der Waals surface area (Å²) in [4.78, 5) is 11.1. The first kappa shape index (κ1) is 11.7. The van der Waals surface area contributed by atoms with Crippen LogP contribution in [0.1, 0.15) is 25.5 Å². The van der Waals surface area contributed by atoms with Gasteiger partial charge in [0.05, 0.1) is 6.61 Å². The van der Waals surface area contributed by atoms with Gasteiger partial charge in [0.15, 0.2) is 0 Å². The number of nitrogens with zero attached hydrogens (tertiary/aromatic N) is 1. The van der Waals surface area contributed by atoms with Crippen molar-refractivity contribution < 1.29 is 9.53 Å². The number of hydrogen-bond acceptors (Lipinski definition) is 4. The molecule has 0 bridgehead atoms. The van der Waals surface area contributed by atoms with Gasteiger partial charge in [-0.3, -0.25) is 9.89 Å². The van der Waals surface area contributed by atoms with E-state index in [9.17, 15) is 4.79 Å². The molecule has 0 fully saturated rings. The fraction of sp³-hybridized carbons (Fsp3) is 0.600. The summed E-state index contributed by atoms with van der Waals surface area (Å²) in [6.07, 6.45) is 3.41. The van der Waals surface area contributed by atoms with Gasteiger partial charge in [0.1, 0.15) is 0 Å². The van der Waals surface area contributed by atoms with Crippen molar-refractivity contribution in [3.63, 3.8) is 0 Å². The van der Waals surface area contributed by atoms with Crippen molar-refractivity contribution in [3.8, 4) is 0 Å². The Hall–Kier alpha value is -1.36. The lowest BCUT2D eigenvalue weighted by molar-refractivity contribution is -0.143. The zero-order valence-corrected chi connectivity index (χ0v) is 8.90. The molecule has 0 aliphatic rings. The summed E-state index contributed by atoms with van der Waals surface area (Å²) in [7, 11) is 0. The van der Waals surface area contributed by atoms with Gasteiger partial charge in [0, 0.05) is 30.8 Å². The van der Waals surface area contributed by atoms with Crippen molar-refractivity contribution in [2.24, 2.45) is 5.73 Å². The fourth-order valence-electron chi connectivity index (χ4n) is 1.32. The summed E-state index contributed by atoms with van der Waals surface area (Å²) in [5, 5.41) is 6.66. The molecular weight excluding hydrogens is 194 g/mol. The molecule has 0 saturated carbocycles. The molecule has 5 nitrogen and oxygen atoms in total. The van der Waals surface area contributed by atoms with Crippen molar-refractivity contribution in [2.75, 3.05) is 6.61 Å². The van der Waals surface area contributed by atoms with E-state index in [4.69, 9.17) is 10.5 Å². The third-order valence-electron chi connectivity index (χ3n) is 2.07. The van der Waals surface area contributed by atoms with Crippen molar-refractivity contribution in [1.82, 2.24) is 10.2 Å². The maximum absolute atomic E-state index is 11.1. The van der Waals surface area contributed by atoms with Gasteiger partial charge in [-0.15, -0.1) is 0 Å². The van der Waals surface area contributed by atoms with Gasteiger partial charge in [0.25, 0.3) is 0 Å². The molecular formula is C10H17N3O2. The van der Waals surface area contributed by atoms with Crippen LogP contribution >= 0.6 is 0 Å². The second kappa shape index (κ2) is 6.19. The zero-order chi connectivity index (χ0) is 11.1. The highest BCUT2D eigenvalue weighted by Crippen LogP contribution is 2.03. The third-order valence-corrected chi connectivity index (χ3v) is 2.07. The smallest absolute Gasteiger partial charge is 0.305 e. The molecule has 0 spiro atoms. The minimum Gasteiger partial charge on any atom is -0.466 e. The van der Waals surface area contributed by atoms with Crippen molar-refractivity contribution in [3.05, 3.63) is 18.0 Å². The summed E-state index contributed by atoms with van der Waals surface area (Å²) in [6.45, 7) is 2.22. The van der Waals surface area contributed by atoms with Gasteiger partial charge in [0.2, 0.25) is 0 Å². The minimum absolute atomic E-state index is 0.0325. The molecule has 5 heteroatoms. The van der Waals surface area contributed by atoms with E-state index in [0.29, 0.717) is 25.9 Å². The van der Waals surface area contributed by atoms with Crippen LogP contribution < -0.4 is 5.73 Å². The second-order valence-electron chi connectivity index (χ2n) is 3.39. The van der Waals surface area contributed by atoms with Gasteiger partial charge in [-0.1, -0.05) is 0 Å². The van der Waals surface area contributed by atoms with Gasteiger partial charge in [-0.05, 0) is 19.4 Å². The largest absolute Gasteiger partial charge is 0.466 e. The number of hydrogen-bond donors (Lipinski definition) is 2. The lowest BCUT2D eigenvalue weighted by Gasteiger charge is -2.09. The summed E-state index contributed by atoms with van der Waals surface area (Å²) < 4.78 is 4.81. The lowest BCUT2D eigenvalue weighted by Crippen LogP contribution is -2.24. The van der Waals surface area contributed by atoms with Crippen LogP contribution in [0.5, 0.6) is 0 Å². The van der Waals surface area contributed by atoms with Crippen LogP contribution in [-0.4, -0.2) is 28.8 Å². The number of rotatable bonds is 6. The average Bonchev–Trinajstić information content (AvgIpc) is 2.68. The number of aromatic nitrogens is 2. The van der Waals surface area contributed by atoms with E-state index in [-0.39, 0.29) is 12.0 Å². The third kappa shape index (κ3) is 4.60. The highest BCUT2D eigenvalue weighted by molar-refractivity contribution is 5.69. The van der Waals surface area contributed by atoms with Gasteiger partial charge < -0.3 is 10.5 Å². The minimum atomic E-state index is -0.183. The van der Waals surface area contributed by atoms with Crippen LogP contribution in [0.4, 0.5) is 0 Å². The number of carbonyl (C=O) groups excluding carboxylic acids is 1. The van der Waals surface area contributed by atoms with E-state index >= 15 is 0 Å². The molecule has 1 aromatic rings. The lowest BCUT2D eigenvalue weighted by atomic mass is 10.1. The Balaban J connectivity index is 2.19. The van der Waals surface area contributed by atoms with Crippen molar-refractivity contribution in [2.45, 2.75) is 32.2 Å². The Morgan fingerprint density at radius 2 is 2.53 bits per heavy atom. The van der Waals surface area contributed by atoms with E-state index in [1.165, 1.54) is 0 Å². The first-order valence-electron chi connectivity index (χ1n) is 5.11. The highest BCUT2D eigenvalue weighted by atomic mass is 16.5. The van der Waals surface area contributed by atoms with Crippen LogP contribution in [0.3, 0.4) is 0 Å². The standard InChI is InChI=1S/C10H17N3O2/c1-2-15-10(14)4-3-8(11)7-9-5-6-12-13-9/h5-6,8H,2-4,7,11H2,1H3,(H,12,13). The van der Waals surface area contributed by atoms with E-state index in [0.717, 1.165) is 5.69 Å². The topological polar surface area (TPSA) is 81.0 Å². The maximum Gasteiger partial charge on any atom is 0.305 e. The number of nitrogens with one attached hydrogen (secondary N) is 1. The Morgan fingerprint density at radius 1 is 1.73 bits per heavy atom. The average molecular weight is 211 g/mol. The number of H-pyrrole nitrogens is 1. The molecule has 1 rings (SSSR count). The second-order valence-corrected chi connectivity index (χ2v) is 3.39. The molecule has 15 heavy (non-hydrogen) atoms. The van der Waals surface area contributed by atoms with Crippen molar-refractivity contribution in [1.29, 1.82) is 0 Å². The molecule has 1 heterocycles. The van der Waals surface area contributed by atoms with Crippen LogP contribution in [-0.2, 0) is 16.0 Å². The number of ether oxygens (including phenoxy) is 1. The quantitative estimate of drug-likeness (QED) is 0.676. The first-order chi connectivity index (χ1) is 7.22. The molecule has 1 aromatic heterocycles. The summed E-state index contributed by atoms with van der Waals surface area (Å²) in [6, 6.07) is 1.85. The predicted molar refractivity (Wildman–Crippen MR) is 56.1 cm³/mol. The van der Waals surface area contributed by atoms with Gasteiger partial charge >= 0.3 is 5.97 Å². The van der Waals surface area contributed by atoms with Gasteiger partial charge in [-0.2, -0.15) is 5.10 Å². The molecule has 0 saturated heterocycles. The van der Waals surface area contributed by atoms with E-state index < -0.39 is 0 Å². The van der Waals surface area contributed by atoms with Crippen LogP contribution in [0.15, 0.2) is 12.3 Å². The molecule has 3 N–H and O–H groups in total. The Bertz CT molecular complexity index is 285. The van der Waals surface area contributed by atoms with Gasteiger partial charge in [-0.25, -0.2) is 0 Å². The number of aromatic amines is 1. The Kier molecular flexibility index (Phi) is 4.83. The Labute approximate surface area is 89.0 Å². The molecule has 1 atom stereocenters. The molecule has 0 amide bonds. The highest BCUT2D eigenvalue weighted by Gasteiger charge is 2.08. The summed E-state index contributed by atoms with van der Waals surface area (Å²) in [5.74, 6) is -0.183. The maximum atomic E-state index is 11.1. The van der Waals surface area contributed by atoms with Crippen LogP contribution in [0.2, 0.25) is 0 Å². The van der Waals surface area contributed by atoms with E-state index in [1.807, 2.05) is 6.07 Å². The number of carbonyl (C=O) groups is 1. The molecule has 84 valence electrons. The number of nitrogens with two attached hydrogens (primary N) is 1. The molecule has 0 aliphatic heterocycles. The molecule has 0 radical (unpaired) electrons. The molecule has 0 aliphatic carbocycles. The molecule has 1 unspecified atom stereocenters. The summed E-state index contributed by atoms with van der Waals surface area (Å²) >= 11 is 0. The normalized spacial score (nSPS) is 12.4. The summed E-state index contributed by atoms with van der Waals surface area (Å²) in [5.41, 5.74) is 6.85. The SMILES string of the molecule is CCOC(=O)CCC(N)Cc1ccn[nH]1. The fourth-order valence-corrected chi connectivity index (χ4v) is 1.32. The van der Waals surface area contributed by atoms with Crippen molar-refractivity contribution >= 4 is 5.97 Å². The number of esters is 1. The van der Waals surface area contributed by atoms with Crippen LogP contribution in [0.25, 0.3) is 0 Å². The zero-order valence-electron chi connectivity index (χ0n) is 8.90. The monoisotopic (exact) mass is 211 g/mol. The first-order valence-corrected chi connectivity index (χ1v) is 5.11. The van der Waals surface area contributed by atoms with Crippen LogP contribution in [0, 0.1) is 0 Å². The van der Waals surface area contributed by atoms with E-state index in [1.54, 1.807) is 13.1 Å². The predicted octanol–water partition coefficient (Wildman–Crippen LogP) is 0.623.